The number of carbonyl (C=O) groups excluding carboxylic acids is 2. The fourth-order valence-electron chi connectivity index (χ4n) is 2.04. The van der Waals surface area contributed by atoms with Crippen LogP contribution in [0.1, 0.15) is 19.8 Å². The molecule has 1 rings (SSSR count). The molecule has 104 valence electrons. The highest BCUT2D eigenvalue weighted by Gasteiger charge is 2.24. The molecule has 6 heteroatoms. The maximum absolute atomic E-state index is 11.8. The zero-order valence-corrected chi connectivity index (χ0v) is 11.1. The molecule has 1 heterocycles. The maximum Gasteiger partial charge on any atom is 0.239 e. The largest absolute Gasteiger partial charge is 0.383 e. The molecule has 6 nitrogen and oxygen atoms in total. The van der Waals surface area contributed by atoms with Crippen molar-refractivity contribution in [1.82, 2.24) is 16.0 Å². The van der Waals surface area contributed by atoms with Gasteiger partial charge in [-0.15, -0.1) is 0 Å². The Morgan fingerprint density at radius 3 is 2.83 bits per heavy atom. The van der Waals surface area contributed by atoms with E-state index >= 15 is 0 Å². The molecule has 0 saturated carbocycles. The molecule has 3 N–H and O–H groups in total. The highest BCUT2D eigenvalue weighted by Crippen LogP contribution is 2.15. The summed E-state index contributed by atoms with van der Waals surface area (Å²) >= 11 is 0. The van der Waals surface area contributed by atoms with E-state index in [9.17, 15) is 9.59 Å². The normalized spacial score (nSPS) is 23.4. The van der Waals surface area contributed by atoms with Gasteiger partial charge < -0.3 is 20.7 Å². The van der Waals surface area contributed by atoms with E-state index in [4.69, 9.17) is 4.74 Å². The van der Waals surface area contributed by atoms with Gasteiger partial charge in [-0.05, 0) is 26.3 Å². The lowest BCUT2D eigenvalue weighted by molar-refractivity contribution is -0.129. The van der Waals surface area contributed by atoms with Crippen molar-refractivity contribution in [2.75, 3.05) is 33.4 Å². The van der Waals surface area contributed by atoms with Gasteiger partial charge in [-0.3, -0.25) is 9.59 Å². The molecular weight excluding hydrogens is 234 g/mol. The lowest BCUT2D eigenvalue weighted by atomic mass is 9.92. The van der Waals surface area contributed by atoms with Crippen LogP contribution in [0, 0.1) is 5.92 Å². The van der Waals surface area contributed by atoms with Crippen molar-refractivity contribution in [3.05, 3.63) is 0 Å². The number of hydrogen-bond donors (Lipinski definition) is 3. The van der Waals surface area contributed by atoms with Crippen molar-refractivity contribution in [2.24, 2.45) is 5.92 Å². The number of nitrogens with one attached hydrogen (secondary N) is 3. The Labute approximate surface area is 108 Å². The summed E-state index contributed by atoms with van der Waals surface area (Å²) in [6.45, 7) is 3.91. The predicted octanol–water partition coefficient (Wildman–Crippen LogP) is -0.747. The fraction of sp³-hybridized carbons (Fsp3) is 0.833. The molecule has 2 unspecified atom stereocenters. The molecular formula is C12H23N3O3. The van der Waals surface area contributed by atoms with E-state index in [2.05, 4.69) is 22.9 Å². The molecule has 2 amide bonds. The average Bonchev–Trinajstić information content (AvgIpc) is 2.36. The van der Waals surface area contributed by atoms with Gasteiger partial charge in [0.15, 0.2) is 0 Å². The highest BCUT2D eigenvalue weighted by atomic mass is 16.5. The maximum atomic E-state index is 11.8. The minimum Gasteiger partial charge on any atom is -0.383 e. The van der Waals surface area contributed by atoms with Crippen molar-refractivity contribution in [3.8, 4) is 0 Å². The van der Waals surface area contributed by atoms with Gasteiger partial charge >= 0.3 is 0 Å². The van der Waals surface area contributed by atoms with Gasteiger partial charge in [0.05, 0.1) is 13.2 Å². The molecule has 0 bridgehead atoms. The average molecular weight is 257 g/mol. The summed E-state index contributed by atoms with van der Waals surface area (Å²) < 4.78 is 4.82. The van der Waals surface area contributed by atoms with Gasteiger partial charge in [0.1, 0.15) is 0 Å². The third-order valence-corrected chi connectivity index (χ3v) is 3.05. The molecule has 1 aliphatic heterocycles. The van der Waals surface area contributed by atoms with Crippen LogP contribution in [0.3, 0.4) is 0 Å². The van der Waals surface area contributed by atoms with Gasteiger partial charge in [-0.1, -0.05) is 0 Å². The Bertz CT molecular complexity index is 284. The SMILES string of the molecule is COCCNC(=O)CNC(=O)C1CCNC(C)C1. The second-order valence-electron chi connectivity index (χ2n) is 4.64. The Morgan fingerprint density at radius 2 is 2.17 bits per heavy atom. The summed E-state index contributed by atoms with van der Waals surface area (Å²) in [5.41, 5.74) is 0. The van der Waals surface area contributed by atoms with Crippen molar-refractivity contribution >= 4 is 11.8 Å². The van der Waals surface area contributed by atoms with Crippen molar-refractivity contribution < 1.29 is 14.3 Å². The number of amides is 2. The molecule has 0 radical (unpaired) electrons. The van der Waals surface area contributed by atoms with Crippen LogP contribution in [0.25, 0.3) is 0 Å². The number of hydrogen-bond acceptors (Lipinski definition) is 4. The van der Waals surface area contributed by atoms with Gasteiger partial charge in [-0.25, -0.2) is 0 Å². The molecule has 0 aromatic rings. The molecule has 1 saturated heterocycles. The lowest BCUT2D eigenvalue weighted by Gasteiger charge is -2.26. The Kier molecular flexibility index (Phi) is 6.67. The van der Waals surface area contributed by atoms with Crippen LogP contribution in [-0.2, 0) is 14.3 Å². The summed E-state index contributed by atoms with van der Waals surface area (Å²) in [5.74, 6) is -0.180. The monoisotopic (exact) mass is 257 g/mol. The summed E-state index contributed by atoms with van der Waals surface area (Å²) in [6, 6.07) is 0.366. The molecule has 18 heavy (non-hydrogen) atoms. The van der Waals surface area contributed by atoms with Crippen molar-refractivity contribution in [2.45, 2.75) is 25.8 Å². The second kappa shape index (κ2) is 8.05. The first-order valence-corrected chi connectivity index (χ1v) is 6.40. The third kappa shape index (κ3) is 5.46. The zero-order valence-electron chi connectivity index (χ0n) is 11.1. The number of ether oxygens (including phenoxy) is 1. The summed E-state index contributed by atoms with van der Waals surface area (Å²) in [5, 5.41) is 8.63. The lowest BCUT2D eigenvalue weighted by Crippen LogP contribution is -2.45. The van der Waals surface area contributed by atoms with E-state index in [1.807, 2.05) is 0 Å². The van der Waals surface area contributed by atoms with E-state index in [0.29, 0.717) is 19.2 Å². The molecule has 0 aromatic heterocycles. The number of methoxy groups -OCH3 is 1. The molecule has 0 spiro atoms. The van der Waals surface area contributed by atoms with E-state index in [1.54, 1.807) is 7.11 Å². The first kappa shape index (κ1) is 14.9. The van der Waals surface area contributed by atoms with E-state index < -0.39 is 0 Å². The first-order valence-electron chi connectivity index (χ1n) is 6.40. The number of carbonyl (C=O) groups is 2. The minimum atomic E-state index is -0.178. The van der Waals surface area contributed by atoms with Gasteiger partial charge in [0.25, 0.3) is 0 Å². The standard InChI is InChI=1S/C12H23N3O3/c1-9-7-10(3-4-13-9)12(17)15-8-11(16)14-5-6-18-2/h9-10,13H,3-8H2,1-2H3,(H,14,16)(H,15,17). The molecule has 0 aliphatic carbocycles. The Hall–Kier alpha value is -1.14. The predicted molar refractivity (Wildman–Crippen MR) is 68.1 cm³/mol. The zero-order chi connectivity index (χ0) is 13.4. The van der Waals surface area contributed by atoms with E-state index in [0.717, 1.165) is 19.4 Å². The van der Waals surface area contributed by atoms with Crippen LogP contribution >= 0.6 is 0 Å². The van der Waals surface area contributed by atoms with Crippen LogP contribution in [0.15, 0.2) is 0 Å². The first-order chi connectivity index (χ1) is 8.63. The van der Waals surface area contributed by atoms with Crippen LogP contribution in [0.4, 0.5) is 0 Å². The van der Waals surface area contributed by atoms with Crippen molar-refractivity contribution in [3.63, 3.8) is 0 Å². The van der Waals surface area contributed by atoms with Crippen molar-refractivity contribution in [1.29, 1.82) is 0 Å². The molecule has 2 atom stereocenters. The summed E-state index contributed by atoms with van der Waals surface area (Å²) in [6.07, 6.45) is 1.67. The van der Waals surface area contributed by atoms with Gasteiger partial charge in [0.2, 0.25) is 11.8 Å². The van der Waals surface area contributed by atoms with E-state index in [-0.39, 0.29) is 24.3 Å². The topological polar surface area (TPSA) is 79.5 Å². The molecule has 0 aromatic carbocycles. The van der Waals surface area contributed by atoms with Crippen LogP contribution in [0.2, 0.25) is 0 Å². The Balaban J connectivity index is 2.17. The fourth-order valence-corrected chi connectivity index (χ4v) is 2.04. The second-order valence-corrected chi connectivity index (χ2v) is 4.64. The summed E-state index contributed by atoms with van der Waals surface area (Å²) in [7, 11) is 1.58. The van der Waals surface area contributed by atoms with E-state index in [1.165, 1.54) is 0 Å². The van der Waals surface area contributed by atoms with Crippen LogP contribution < -0.4 is 16.0 Å². The van der Waals surface area contributed by atoms with Crippen LogP contribution in [0.5, 0.6) is 0 Å². The minimum absolute atomic E-state index is 0.0213. The smallest absolute Gasteiger partial charge is 0.239 e. The number of piperidine rings is 1. The third-order valence-electron chi connectivity index (χ3n) is 3.05. The molecule has 1 aliphatic rings. The quantitative estimate of drug-likeness (QED) is 0.547. The van der Waals surface area contributed by atoms with Gasteiger partial charge in [0, 0.05) is 25.6 Å². The molecule has 1 fully saturated rings. The van der Waals surface area contributed by atoms with Crippen LogP contribution in [-0.4, -0.2) is 51.2 Å². The number of rotatable bonds is 6. The summed E-state index contributed by atoms with van der Waals surface area (Å²) in [4.78, 5) is 23.2. The Morgan fingerprint density at radius 1 is 1.39 bits per heavy atom. The van der Waals surface area contributed by atoms with Gasteiger partial charge in [-0.2, -0.15) is 0 Å². The highest BCUT2D eigenvalue weighted by molar-refractivity contribution is 5.85.